The Hall–Kier alpha value is -1.95. The van der Waals surface area contributed by atoms with Gasteiger partial charge in [-0.3, -0.25) is 4.68 Å². The molecular weight excluding hydrogens is 246 g/mol. The Kier molecular flexibility index (Phi) is 2.52. The Bertz CT molecular complexity index is 712. The van der Waals surface area contributed by atoms with Crippen LogP contribution in [0.5, 0.6) is 0 Å². The molecule has 6 heteroatoms. The molecule has 5 nitrogen and oxygen atoms in total. The van der Waals surface area contributed by atoms with Gasteiger partial charge in [-0.1, -0.05) is 0 Å². The summed E-state index contributed by atoms with van der Waals surface area (Å²) in [6.07, 6.45) is 1.59. The number of nitrogens with zero attached hydrogens (tertiary/aromatic N) is 4. The van der Waals surface area contributed by atoms with Gasteiger partial charge in [0.2, 0.25) is 0 Å². The van der Waals surface area contributed by atoms with Crippen molar-refractivity contribution in [3.05, 3.63) is 29.0 Å². The molecule has 3 heterocycles. The van der Waals surface area contributed by atoms with Gasteiger partial charge >= 0.3 is 0 Å². The highest BCUT2D eigenvalue weighted by Crippen LogP contribution is 2.29. The Morgan fingerprint density at radius 1 is 1.22 bits per heavy atom. The predicted molar refractivity (Wildman–Crippen MR) is 73.4 cm³/mol. The van der Waals surface area contributed by atoms with Crippen LogP contribution in [0.2, 0.25) is 0 Å². The van der Waals surface area contributed by atoms with Crippen LogP contribution in [-0.4, -0.2) is 19.7 Å². The number of thiophene rings is 1. The molecule has 18 heavy (non-hydrogen) atoms. The van der Waals surface area contributed by atoms with Crippen molar-refractivity contribution in [3.63, 3.8) is 0 Å². The molecule has 0 radical (unpaired) electrons. The minimum atomic E-state index is 0.826. The first-order chi connectivity index (χ1) is 8.63. The van der Waals surface area contributed by atoms with Crippen LogP contribution in [-0.2, 0) is 7.05 Å². The quantitative estimate of drug-likeness (QED) is 0.769. The van der Waals surface area contributed by atoms with Crippen LogP contribution < -0.4 is 5.32 Å². The first-order valence-electron chi connectivity index (χ1n) is 5.62. The molecule has 3 rings (SSSR count). The zero-order chi connectivity index (χ0) is 12.7. The van der Waals surface area contributed by atoms with Gasteiger partial charge in [-0.05, 0) is 19.9 Å². The third kappa shape index (κ3) is 1.84. The summed E-state index contributed by atoms with van der Waals surface area (Å²) < 4.78 is 1.81. The summed E-state index contributed by atoms with van der Waals surface area (Å²) in [5.74, 6) is 1.75. The molecule has 3 aromatic rings. The van der Waals surface area contributed by atoms with Crippen LogP contribution in [0.4, 0.5) is 11.6 Å². The fraction of sp³-hybridized carbons (Fsp3) is 0.250. The molecule has 0 saturated carbocycles. The molecule has 0 atom stereocenters. The van der Waals surface area contributed by atoms with E-state index in [0.717, 1.165) is 27.5 Å². The Balaban J connectivity index is 2.07. The van der Waals surface area contributed by atoms with Gasteiger partial charge in [-0.15, -0.1) is 11.3 Å². The normalized spacial score (nSPS) is 11.1. The summed E-state index contributed by atoms with van der Waals surface area (Å²) in [5, 5.41) is 8.67. The van der Waals surface area contributed by atoms with Gasteiger partial charge in [0.25, 0.3) is 0 Å². The first kappa shape index (κ1) is 11.2. The highest BCUT2D eigenvalue weighted by atomic mass is 32.1. The molecule has 92 valence electrons. The highest BCUT2D eigenvalue weighted by molar-refractivity contribution is 7.18. The van der Waals surface area contributed by atoms with Crippen LogP contribution in [0.25, 0.3) is 10.2 Å². The summed E-state index contributed by atoms with van der Waals surface area (Å²) in [6.45, 7) is 4.04. The summed E-state index contributed by atoms with van der Waals surface area (Å²) in [6, 6.07) is 4.10. The summed E-state index contributed by atoms with van der Waals surface area (Å²) in [7, 11) is 1.91. The maximum atomic E-state index is 4.31. The van der Waals surface area contributed by atoms with Crippen molar-refractivity contribution >= 4 is 33.2 Å². The molecule has 0 fully saturated rings. The van der Waals surface area contributed by atoms with Gasteiger partial charge in [0, 0.05) is 18.0 Å². The SMILES string of the molecule is Cc1cc(Nc2ncnc3sc(C)cc23)n(C)n1. The van der Waals surface area contributed by atoms with Crippen LogP contribution in [0.3, 0.4) is 0 Å². The number of nitrogens with one attached hydrogen (secondary N) is 1. The largest absolute Gasteiger partial charge is 0.325 e. The number of fused-ring (bicyclic) bond motifs is 1. The van der Waals surface area contributed by atoms with E-state index in [1.807, 2.05) is 24.7 Å². The molecule has 0 aromatic carbocycles. The maximum absolute atomic E-state index is 4.31. The first-order valence-corrected chi connectivity index (χ1v) is 6.44. The second-order valence-electron chi connectivity index (χ2n) is 4.22. The smallest absolute Gasteiger partial charge is 0.143 e. The second kappa shape index (κ2) is 4.06. The second-order valence-corrected chi connectivity index (χ2v) is 5.45. The lowest BCUT2D eigenvalue weighted by Crippen LogP contribution is -2.01. The topological polar surface area (TPSA) is 55.6 Å². The van der Waals surface area contributed by atoms with E-state index >= 15 is 0 Å². The molecule has 0 aliphatic rings. The summed E-state index contributed by atoms with van der Waals surface area (Å²) in [4.78, 5) is 10.8. The van der Waals surface area contributed by atoms with Gasteiger partial charge in [0.15, 0.2) is 0 Å². The van der Waals surface area contributed by atoms with E-state index in [2.05, 4.69) is 33.4 Å². The summed E-state index contributed by atoms with van der Waals surface area (Å²) >= 11 is 1.67. The molecular formula is C12H13N5S. The number of rotatable bonds is 2. The average Bonchev–Trinajstić information content (AvgIpc) is 2.82. The third-order valence-electron chi connectivity index (χ3n) is 2.70. The van der Waals surface area contributed by atoms with Gasteiger partial charge in [-0.2, -0.15) is 5.10 Å². The summed E-state index contributed by atoms with van der Waals surface area (Å²) in [5.41, 5.74) is 0.979. The van der Waals surface area contributed by atoms with Crippen LogP contribution >= 0.6 is 11.3 Å². The maximum Gasteiger partial charge on any atom is 0.143 e. The van der Waals surface area contributed by atoms with Crippen molar-refractivity contribution in [2.24, 2.45) is 7.05 Å². The molecule has 3 aromatic heterocycles. The molecule has 0 aliphatic heterocycles. The lowest BCUT2D eigenvalue weighted by atomic mass is 10.3. The van der Waals surface area contributed by atoms with Crippen molar-refractivity contribution in [3.8, 4) is 0 Å². The van der Waals surface area contributed by atoms with E-state index in [-0.39, 0.29) is 0 Å². The van der Waals surface area contributed by atoms with E-state index < -0.39 is 0 Å². The van der Waals surface area contributed by atoms with Crippen molar-refractivity contribution in [2.75, 3.05) is 5.32 Å². The van der Waals surface area contributed by atoms with Crippen molar-refractivity contribution in [1.82, 2.24) is 19.7 Å². The Labute approximate surface area is 109 Å². The van der Waals surface area contributed by atoms with Crippen LogP contribution in [0.15, 0.2) is 18.5 Å². The number of anilines is 2. The van der Waals surface area contributed by atoms with Crippen molar-refractivity contribution < 1.29 is 0 Å². The van der Waals surface area contributed by atoms with Gasteiger partial charge < -0.3 is 5.32 Å². The fourth-order valence-electron chi connectivity index (χ4n) is 1.92. The van der Waals surface area contributed by atoms with Gasteiger partial charge in [-0.25, -0.2) is 9.97 Å². The lowest BCUT2D eigenvalue weighted by molar-refractivity contribution is 0.764. The third-order valence-corrected chi connectivity index (χ3v) is 3.66. The van der Waals surface area contributed by atoms with Crippen LogP contribution in [0, 0.1) is 13.8 Å². The number of aromatic nitrogens is 4. The monoisotopic (exact) mass is 259 g/mol. The van der Waals surface area contributed by atoms with Gasteiger partial charge in [0.05, 0.1) is 11.1 Å². The van der Waals surface area contributed by atoms with E-state index in [9.17, 15) is 0 Å². The van der Waals surface area contributed by atoms with Crippen molar-refractivity contribution in [1.29, 1.82) is 0 Å². The van der Waals surface area contributed by atoms with Crippen LogP contribution in [0.1, 0.15) is 10.6 Å². The minimum absolute atomic E-state index is 0.826. The standard InChI is InChI=1S/C12H13N5S/c1-7-4-10(17(3)16-7)15-11-9-5-8(2)18-12(9)14-6-13-11/h4-6H,1-3H3,(H,13,14,15). The molecule has 0 saturated heterocycles. The molecule has 1 N–H and O–H groups in total. The highest BCUT2D eigenvalue weighted by Gasteiger charge is 2.09. The Morgan fingerprint density at radius 2 is 2.06 bits per heavy atom. The average molecular weight is 259 g/mol. The fourth-order valence-corrected chi connectivity index (χ4v) is 2.77. The predicted octanol–water partition coefficient (Wildman–Crippen LogP) is 2.79. The number of hydrogen-bond donors (Lipinski definition) is 1. The van der Waals surface area contributed by atoms with Gasteiger partial charge in [0.1, 0.15) is 22.8 Å². The minimum Gasteiger partial charge on any atom is -0.325 e. The van der Waals surface area contributed by atoms with E-state index in [1.54, 1.807) is 17.7 Å². The molecule has 0 unspecified atom stereocenters. The Morgan fingerprint density at radius 3 is 2.78 bits per heavy atom. The van der Waals surface area contributed by atoms with Crippen molar-refractivity contribution in [2.45, 2.75) is 13.8 Å². The van der Waals surface area contributed by atoms with E-state index in [4.69, 9.17) is 0 Å². The molecule has 0 aliphatic carbocycles. The zero-order valence-electron chi connectivity index (χ0n) is 10.4. The molecule has 0 bridgehead atoms. The van der Waals surface area contributed by atoms with E-state index in [1.165, 1.54) is 4.88 Å². The van der Waals surface area contributed by atoms with E-state index in [0.29, 0.717) is 0 Å². The number of aryl methyl sites for hydroxylation is 3. The number of hydrogen-bond acceptors (Lipinski definition) is 5. The molecule has 0 spiro atoms. The molecule has 0 amide bonds. The zero-order valence-corrected chi connectivity index (χ0v) is 11.2. The lowest BCUT2D eigenvalue weighted by Gasteiger charge is -2.05.